The molecule has 1 aliphatic rings. The molecule has 2 rings (SSSR count). The highest BCUT2D eigenvalue weighted by molar-refractivity contribution is 5.79. The molecule has 0 spiro atoms. The minimum absolute atomic E-state index is 0.594. The summed E-state index contributed by atoms with van der Waals surface area (Å²) < 4.78 is 0. The maximum Gasteiger partial charge on any atom is 0.191 e. The fraction of sp³-hybridized carbons (Fsp3) is 0.700. The summed E-state index contributed by atoms with van der Waals surface area (Å²) >= 11 is 0. The second-order valence-electron chi connectivity index (χ2n) is 6.78. The van der Waals surface area contributed by atoms with E-state index >= 15 is 0 Å². The molecule has 5 nitrogen and oxygen atoms in total. The number of aromatic nitrogens is 1. The number of hydrogen-bond acceptors (Lipinski definition) is 3. The highest BCUT2D eigenvalue weighted by Crippen LogP contribution is 2.22. The van der Waals surface area contributed by atoms with Gasteiger partial charge in [0.2, 0.25) is 0 Å². The van der Waals surface area contributed by atoms with Crippen LogP contribution in [0.3, 0.4) is 0 Å². The Morgan fingerprint density at radius 2 is 1.92 bits per heavy atom. The summed E-state index contributed by atoms with van der Waals surface area (Å²) in [7, 11) is 0. The summed E-state index contributed by atoms with van der Waals surface area (Å²) in [5, 5.41) is 6.95. The van der Waals surface area contributed by atoms with Gasteiger partial charge in [-0.05, 0) is 50.9 Å². The molecule has 1 aromatic rings. The molecule has 0 radical (unpaired) electrons. The fourth-order valence-electron chi connectivity index (χ4n) is 3.69. The number of guanidine groups is 1. The van der Waals surface area contributed by atoms with Crippen LogP contribution in [0, 0.1) is 5.92 Å². The van der Waals surface area contributed by atoms with Crippen LogP contribution in [-0.4, -0.2) is 48.1 Å². The molecule has 1 aliphatic heterocycles. The Labute approximate surface area is 153 Å². The number of aliphatic imine (C=N–C) groups is 1. The maximum absolute atomic E-state index is 4.71. The van der Waals surface area contributed by atoms with Crippen LogP contribution in [0.5, 0.6) is 0 Å². The molecule has 0 saturated carbocycles. The van der Waals surface area contributed by atoms with E-state index in [9.17, 15) is 0 Å². The van der Waals surface area contributed by atoms with Crippen molar-refractivity contribution >= 4 is 5.96 Å². The van der Waals surface area contributed by atoms with Crippen LogP contribution < -0.4 is 10.6 Å². The minimum Gasteiger partial charge on any atom is -0.357 e. The smallest absolute Gasteiger partial charge is 0.191 e. The lowest BCUT2D eigenvalue weighted by molar-refractivity contribution is 0.166. The predicted molar refractivity (Wildman–Crippen MR) is 106 cm³/mol. The molecule has 1 saturated heterocycles. The molecule has 0 aliphatic carbocycles. The minimum atomic E-state index is 0.594. The number of hydrogen-bond donors (Lipinski definition) is 2. The molecule has 1 atom stereocenters. The number of likely N-dealkylation sites (tertiary alicyclic amines) is 1. The van der Waals surface area contributed by atoms with Crippen molar-refractivity contribution in [3.8, 4) is 0 Å². The molecule has 0 aromatic carbocycles. The first-order valence-corrected chi connectivity index (χ1v) is 9.94. The van der Waals surface area contributed by atoms with Gasteiger partial charge < -0.3 is 10.6 Å². The van der Waals surface area contributed by atoms with Gasteiger partial charge in [-0.1, -0.05) is 32.8 Å². The van der Waals surface area contributed by atoms with E-state index in [2.05, 4.69) is 41.3 Å². The Kier molecular flexibility index (Phi) is 8.73. The van der Waals surface area contributed by atoms with Crippen LogP contribution in [0.15, 0.2) is 29.4 Å². The van der Waals surface area contributed by atoms with Crippen LogP contribution >= 0.6 is 0 Å². The van der Waals surface area contributed by atoms with Gasteiger partial charge >= 0.3 is 0 Å². The van der Waals surface area contributed by atoms with Crippen molar-refractivity contribution in [1.82, 2.24) is 20.5 Å². The zero-order valence-corrected chi connectivity index (χ0v) is 16.2. The third kappa shape index (κ3) is 6.31. The van der Waals surface area contributed by atoms with Gasteiger partial charge in [0.25, 0.3) is 0 Å². The number of rotatable bonds is 9. The molecule has 0 bridgehead atoms. The van der Waals surface area contributed by atoms with Gasteiger partial charge in [0.1, 0.15) is 0 Å². The van der Waals surface area contributed by atoms with Gasteiger partial charge in [-0.2, -0.15) is 0 Å². The topological polar surface area (TPSA) is 52.6 Å². The summed E-state index contributed by atoms with van der Waals surface area (Å²) in [5.74, 6) is 1.63. The Balaban J connectivity index is 1.98. The Morgan fingerprint density at radius 1 is 1.16 bits per heavy atom. The van der Waals surface area contributed by atoms with Gasteiger partial charge in [0.05, 0.1) is 12.2 Å². The summed E-state index contributed by atoms with van der Waals surface area (Å²) in [6, 6.07) is 6.56. The average molecular weight is 346 g/mol. The summed E-state index contributed by atoms with van der Waals surface area (Å²) in [6.07, 6.45) is 6.97. The lowest BCUT2D eigenvalue weighted by Crippen LogP contribution is -2.49. The Bertz CT molecular complexity index is 490. The van der Waals surface area contributed by atoms with E-state index < -0.39 is 0 Å². The van der Waals surface area contributed by atoms with Gasteiger partial charge in [0.15, 0.2) is 5.96 Å². The maximum atomic E-state index is 4.71. The molecule has 1 unspecified atom stereocenters. The predicted octanol–water partition coefficient (Wildman–Crippen LogP) is 3.04. The van der Waals surface area contributed by atoms with E-state index in [1.165, 1.54) is 38.8 Å². The van der Waals surface area contributed by atoms with Crippen molar-refractivity contribution in [3.05, 3.63) is 30.1 Å². The van der Waals surface area contributed by atoms with E-state index in [1.54, 1.807) is 0 Å². The van der Waals surface area contributed by atoms with Gasteiger partial charge in [-0.15, -0.1) is 0 Å². The van der Waals surface area contributed by atoms with Crippen molar-refractivity contribution in [2.24, 2.45) is 10.9 Å². The molecule has 5 heteroatoms. The third-order valence-corrected chi connectivity index (χ3v) is 5.15. The molecule has 140 valence electrons. The Morgan fingerprint density at radius 3 is 2.52 bits per heavy atom. The van der Waals surface area contributed by atoms with Crippen LogP contribution in [0.2, 0.25) is 0 Å². The average Bonchev–Trinajstić information content (AvgIpc) is 3.18. The molecular weight excluding hydrogens is 310 g/mol. The third-order valence-electron chi connectivity index (χ3n) is 5.15. The van der Waals surface area contributed by atoms with E-state index in [-0.39, 0.29) is 0 Å². The van der Waals surface area contributed by atoms with Crippen LogP contribution in [0.25, 0.3) is 0 Å². The van der Waals surface area contributed by atoms with Crippen molar-refractivity contribution < 1.29 is 0 Å². The first-order valence-electron chi connectivity index (χ1n) is 9.94. The second kappa shape index (κ2) is 11.1. The highest BCUT2D eigenvalue weighted by atomic mass is 15.2. The number of nitrogens with zero attached hydrogens (tertiary/aromatic N) is 3. The zero-order chi connectivity index (χ0) is 17.9. The van der Waals surface area contributed by atoms with Crippen molar-refractivity contribution in [2.75, 3.05) is 26.2 Å². The standard InChI is InChI=1S/C20H35N5/c1-4-17(5-2)19(25-13-9-10-14-25)16-24-20(21-6-3)23-15-18-11-7-8-12-22-18/h7-8,11-12,17,19H,4-6,9-10,13-16H2,1-3H3,(H2,21,23,24). The van der Waals surface area contributed by atoms with Gasteiger partial charge in [-0.25, -0.2) is 4.99 Å². The van der Waals surface area contributed by atoms with Crippen molar-refractivity contribution in [2.45, 2.75) is 59.0 Å². The van der Waals surface area contributed by atoms with Crippen molar-refractivity contribution in [3.63, 3.8) is 0 Å². The Hall–Kier alpha value is -1.62. The van der Waals surface area contributed by atoms with Crippen molar-refractivity contribution in [1.29, 1.82) is 0 Å². The monoisotopic (exact) mass is 345 g/mol. The SMILES string of the molecule is CCNC(=NCc1ccccn1)NCC(C(CC)CC)N1CCCC1. The summed E-state index contributed by atoms with van der Waals surface area (Å²) in [6.45, 7) is 11.7. The molecular formula is C20H35N5. The summed E-state index contributed by atoms with van der Waals surface area (Å²) in [4.78, 5) is 11.7. The highest BCUT2D eigenvalue weighted by Gasteiger charge is 2.27. The summed E-state index contributed by atoms with van der Waals surface area (Å²) in [5.41, 5.74) is 0.996. The lowest BCUT2D eigenvalue weighted by Gasteiger charge is -2.34. The molecule has 0 amide bonds. The molecule has 1 aromatic heterocycles. The molecule has 2 heterocycles. The van der Waals surface area contributed by atoms with E-state index in [1.807, 2.05) is 24.4 Å². The van der Waals surface area contributed by atoms with Crippen LogP contribution in [0.1, 0.15) is 52.1 Å². The number of pyridine rings is 1. The molecule has 2 N–H and O–H groups in total. The quantitative estimate of drug-likeness (QED) is 0.533. The van der Waals surface area contributed by atoms with Crippen LogP contribution in [-0.2, 0) is 6.54 Å². The van der Waals surface area contributed by atoms with Gasteiger partial charge in [0, 0.05) is 25.3 Å². The first kappa shape index (κ1) is 19.7. The largest absolute Gasteiger partial charge is 0.357 e. The number of nitrogens with one attached hydrogen (secondary N) is 2. The zero-order valence-electron chi connectivity index (χ0n) is 16.2. The molecule has 25 heavy (non-hydrogen) atoms. The van der Waals surface area contributed by atoms with Gasteiger partial charge in [-0.3, -0.25) is 9.88 Å². The lowest BCUT2D eigenvalue weighted by atomic mass is 9.93. The van der Waals surface area contributed by atoms with Crippen LogP contribution in [0.4, 0.5) is 0 Å². The second-order valence-corrected chi connectivity index (χ2v) is 6.78. The normalized spacial score (nSPS) is 17.0. The van der Waals surface area contributed by atoms with E-state index in [0.717, 1.165) is 30.7 Å². The molecule has 1 fully saturated rings. The van der Waals surface area contributed by atoms with E-state index in [4.69, 9.17) is 4.99 Å². The fourth-order valence-corrected chi connectivity index (χ4v) is 3.69. The first-order chi connectivity index (χ1) is 12.3. The van der Waals surface area contributed by atoms with E-state index in [0.29, 0.717) is 12.6 Å².